The molecule has 0 bridgehead atoms. The van der Waals surface area contributed by atoms with Crippen LogP contribution in [-0.2, 0) is 19.2 Å². The highest BCUT2D eigenvalue weighted by Crippen LogP contribution is 2.14. The van der Waals surface area contributed by atoms with Gasteiger partial charge < -0.3 is 48.7 Å². The SMILES string of the molecule is NCCNC(=O)CC[N+](CCC(=O)NCCN)(CCC(=O)NCCN)CCC(=O)NCCN. The van der Waals surface area contributed by atoms with Crippen LogP contribution in [0.4, 0.5) is 0 Å². The lowest BCUT2D eigenvalue weighted by Gasteiger charge is -2.38. The van der Waals surface area contributed by atoms with E-state index in [1.165, 1.54) is 0 Å². The molecule has 0 radical (unpaired) electrons. The van der Waals surface area contributed by atoms with E-state index in [-0.39, 0.29) is 53.8 Å². The maximum absolute atomic E-state index is 12.2. The number of carbonyl (C=O) groups excluding carboxylic acids is 4. The number of nitrogens with two attached hydrogens (primary N) is 4. The van der Waals surface area contributed by atoms with Crippen molar-refractivity contribution in [1.82, 2.24) is 21.3 Å². The van der Waals surface area contributed by atoms with Crippen molar-refractivity contribution in [3.63, 3.8) is 0 Å². The zero-order valence-corrected chi connectivity index (χ0v) is 19.7. The van der Waals surface area contributed by atoms with Crippen molar-refractivity contribution in [2.45, 2.75) is 25.7 Å². The Balaban J connectivity index is 5.42. The van der Waals surface area contributed by atoms with Crippen molar-refractivity contribution >= 4 is 23.6 Å². The van der Waals surface area contributed by atoms with Gasteiger partial charge in [-0.15, -0.1) is 0 Å². The highest BCUT2D eigenvalue weighted by Gasteiger charge is 2.30. The fraction of sp³-hybridized carbons (Fsp3) is 0.800. The first-order chi connectivity index (χ1) is 15.8. The first kappa shape index (κ1) is 30.7. The summed E-state index contributed by atoms with van der Waals surface area (Å²) < 4.78 is 0.262. The van der Waals surface area contributed by atoms with Crippen molar-refractivity contribution in [1.29, 1.82) is 0 Å². The Morgan fingerprint density at radius 2 is 0.667 bits per heavy atom. The van der Waals surface area contributed by atoms with E-state index < -0.39 is 0 Å². The lowest BCUT2D eigenvalue weighted by molar-refractivity contribution is -0.926. The minimum atomic E-state index is -0.171. The fourth-order valence-electron chi connectivity index (χ4n) is 3.23. The zero-order chi connectivity index (χ0) is 25.0. The molecule has 13 heteroatoms. The van der Waals surface area contributed by atoms with Crippen LogP contribution in [0.1, 0.15) is 25.7 Å². The van der Waals surface area contributed by atoms with Crippen LogP contribution in [0.25, 0.3) is 0 Å². The molecule has 0 aliphatic rings. The second-order valence-corrected chi connectivity index (χ2v) is 7.79. The van der Waals surface area contributed by atoms with Crippen molar-refractivity contribution < 1.29 is 23.7 Å². The van der Waals surface area contributed by atoms with Crippen LogP contribution in [-0.4, -0.2) is 107 Å². The summed E-state index contributed by atoms with van der Waals surface area (Å²) in [4.78, 5) is 48.9. The van der Waals surface area contributed by atoms with E-state index in [9.17, 15) is 19.2 Å². The first-order valence-electron chi connectivity index (χ1n) is 11.5. The summed E-state index contributed by atoms with van der Waals surface area (Å²) in [6.45, 7) is 4.25. The van der Waals surface area contributed by atoms with Gasteiger partial charge in [0.1, 0.15) is 0 Å². The van der Waals surface area contributed by atoms with Crippen LogP contribution in [0.3, 0.4) is 0 Å². The molecule has 33 heavy (non-hydrogen) atoms. The topological polar surface area (TPSA) is 220 Å². The number of carbonyl (C=O) groups is 4. The molecule has 0 aliphatic carbocycles. The minimum Gasteiger partial charge on any atom is -0.355 e. The third-order valence-corrected chi connectivity index (χ3v) is 5.12. The summed E-state index contributed by atoms with van der Waals surface area (Å²) >= 11 is 0. The molecule has 0 fully saturated rings. The van der Waals surface area contributed by atoms with E-state index in [1.807, 2.05) is 0 Å². The molecule has 0 saturated carbocycles. The van der Waals surface area contributed by atoms with Gasteiger partial charge in [0.15, 0.2) is 0 Å². The number of amides is 4. The van der Waals surface area contributed by atoms with Gasteiger partial charge in [0, 0.05) is 52.4 Å². The van der Waals surface area contributed by atoms with Crippen molar-refractivity contribution in [3.8, 4) is 0 Å². The molecule has 0 heterocycles. The van der Waals surface area contributed by atoms with Gasteiger partial charge in [-0.05, 0) is 0 Å². The van der Waals surface area contributed by atoms with Gasteiger partial charge in [-0.1, -0.05) is 0 Å². The Labute approximate surface area is 196 Å². The van der Waals surface area contributed by atoms with E-state index >= 15 is 0 Å². The number of hydrogen-bond donors (Lipinski definition) is 8. The van der Waals surface area contributed by atoms with E-state index in [2.05, 4.69) is 21.3 Å². The predicted molar refractivity (Wildman–Crippen MR) is 126 cm³/mol. The average molecular weight is 475 g/mol. The second kappa shape index (κ2) is 19.2. The third-order valence-electron chi connectivity index (χ3n) is 5.12. The van der Waals surface area contributed by atoms with Crippen LogP contribution < -0.4 is 44.2 Å². The van der Waals surface area contributed by atoms with Gasteiger partial charge >= 0.3 is 0 Å². The molecule has 0 aromatic rings. The van der Waals surface area contributed by atoms with Crippen LogP contribution in [0.15, 0.2) is 0 Å². The monoisotopic (exact) mass is 474 g/mol. The Morgan fingerprint density at radius 1 is 0.455 bits per heavy atom. The number of nitrogens with zero attached hydrogens (tertiary/aromatic N) is 1. The fourth-order valence-corrected chi connectivity index (χ4v) is 3.23. The minimum absolute atomic E-state index is 0.171. The van der Waals surface area contributed by atoms with E-state index in [0.29, 0.717) is 78.5 Å². The summed E-state index contributed by atoms with van der Waals surface area (Å²) in [5, 5.41) is 10.9. The Hall–Kier alpha value is -2.32. The predicted octanol–water partition coefficient (Wildman–Crippen LogP) is -4.34. The molecule has 0 aromatic carbocycles. The zero-order valence-electron chi connectivity index (χ0n) is 19.7. The Kier molecular flexibility index (Phi) is 17.8. The van der Waals surface area contributed by atoms with E-state index in [4.69, 9.17) is 22.9 Å². The van der Waals surface area contributed by atoms with Gasteiger partial charge in [-0.2, -0.15) is 0 Å². The van der Waals surface area contributed by atoms with Gasteiger partial charge in [-0.3, -0.25) is 19.2 Å². The average Bonchev–Trinajstić information content (AvgIpc) is 2.82. The largest absolute Gasteiger partial charge is 0.355 e. The molecule has 13 nitrogen and oxygen atoms in total. The highest BCUT2D eigenvalue weighted by molar-refractivity contribution is 5.77. The number of rotatable bonds is 20. The van der Waals surface area contributed by atoms with Crippen LogP contribution in [0, 0.1) is 0 Å². The quantitative estimate of drug-likeness (QED) is 0.0804. The molecule has 0 rings (SSSR count). The van der Waals surface area contributed by atoms with Crippen LogP contribution in [0.5, 0.6) is 0 Å². The highest BCUT2D eigenvalue weighted by atomic mass is 16.2. The van der Waals surface area contributed by atoms with Crippen molar-refractivity contribution in [2.24, 2.45) is 22.9 Å². The second-order valence-electron chi connectivity index (χ2n) is 7.79. The molecule has 0 aromatic heterocycles. The van der Waals surface area contributed by atoms with Crippen molar-refractivity contribution in [2.75, 3.05) is 78.5 Å². The van der Waals surface area contributed by atoms with E-state index in [1.54, 1.807) is 0 Å². The molecule has 0 unspecified atom stereocenters. The van der Waals surface area contributed by atoms with E-state index in [0.717, 1.165) is 0 Å². The lowest BCUT2D eigenvalue weighted by atomic mass is 10.1. The normalized spacial score (nSPS) is 11.0. The number of nitrogens with one attached hydrogen (secondary N) is 4. The van der Waals surface area contributed by atoms with Crippen LogP contribution in [0.2, 0.25) is 0 Å². The maximum Gasteiger partial charge on any atom is 0.225 e. The standard InChI is InChI=1S/C20H43N9O4/c21-5-9-25-17(30)1-13-29(14-2-18(31)26-10-6-22,15-3-19(32)27-11-7-23)16-4-20(33)28-12-8-24/h1-16,21-24H2,(H3-,25,26,27,28,30,31,32,33)/p+1. The van der Waals surface area contributed by atoms with Crippen LogP contribution >= 0.6 is 0 Å². The summed E-state index contributed by atoms with van der Waals surface area (Å²) in [6.07, 6.45) is 0.719. The molecular weight excluding hydrogens is 430 g/mol. The smallest absolute Gasteiger partial charge is 0.225 e. The van der Waals surface area contributed by atoms with Gasteiger partial charge in [0.2, 0.25) is 23.6 Å². The number of hydrogen-bond acceptors (Lipinski definition) is 8. The van der Waals surface area contributed by atoms with Gasteiger partial charge in [0.05, 0.1) is 51.9 Å². The summed E-state index contributed by atoms with van der Waals surface area (Å²) in [7, 11) is 0. The molecule has 0 aliphatic heterocycles. The molecule has 12 N–H and O–H groups in total. The Morgan fingerprint density at radius 3 is 0.848 bits per heavy atom. The van der Waals surface area contributed by atoms with Gasteiger partial charge in [0.25, 0.3) is 0 Å². The molecule has 0 atom stereocenters. The summed E-state index contributed by atoms with van der Waals surface area (Å²) in [6, 6.07) is 0. The summed E-state index contributed by atoms with van der Waals surface area (Å²) in [5.74, 6) is -0.683. The lowest BCUT2D eigenvalue weighted by Crippen LogP contribution is -2.54. The van der Waals surface area contributed by atoms with Crippen molar-refractivity contribution in [3.05, 3.63) is 0 Å². The first-order valence-corrected chi connectivity index (χ1v) is 11.5. The van der Waals surface area contributed by atoms with Gasteiger partial charge in [-0.25, -0.2) is 0 Å². The molecule has 0 spiro atoms. The molecule has 4 amide bonds. The molecule has 0 saturated heterocycles. The molecule has 192 valence electrons. The maximum atomic E-state index is 12.2. The number of quaternary nitrogens is 1. The third kappa shape index (κ3) is 16.0. The molecular formula is C20H44N9O4+. The Bertz CT molecular complexity index is 488. The summed E-state index contributed by atoms with van der Waals surface area (Å²) in [5.41, 5.74) is 21.8.